The van der Waals surface area contributed by atoms with E-state index >= 15 is 0 Å². The average Bonchev–Trinajstić information content (AvgIpc) is 3.03. The van der Waals surface area contributed by atoms with Crippen LogP contribution in [0.15, 0.2) is 54.7 Å². The lowest BCUT2D eigenvalue weighted by Crippen LogP contribution is -2.14. The Balaban J connectivity index is 1.80. The van der Waals surface area contributed by atoms with Crippen LogP contribution in [-0.2, 0) is 19.1 Å². The van der Waals surface area contributed by atoms with E-state index in [9.17, 15) is 22.4 Å². The first-order valence-electron chi connectivity index (χ1n) is 8.21. The smallest absolute Gasteiger partial charge is 0.294 e. The number of ketones is 1. The molecule has 0 saturated carbocycles. The van der Waals surface area contributed by atoms with Gasteiger partial charge in [0.1, 0.15) is 5.82 Å². The second-order valence-corrected chi connectivity index (χ2v) is 6.18. The molecule has 3 nitrogen and oxygen atoms in total. The predicted octanol–water partition coefficient (Wildman–Crippen LogP) is 4.82. The van der Waals surface area contributed by atoms with E-state index in [2.05, 4.69) is 5.10 Å². The normalized spacial score (nSPS) is 11.6. The summed E-state index contributed by atoms with van der Waals surface area (Å²) in [4.78, 5) is 12.4. The summed E-state index contributed by atoms with van der Waals surface area (Å²) in [5.41, 5.74) is 0.303. The molecule has 0 bridgehead atoms. The summed E-state index contributed by atoms with van der Waals surface area (Å²) < 4.78 is 54.4. The fraction of sp³-hybridized carbons (Fsp3) is 0.200. The highest BCUT2D eigenvalue weighted by Crippen LogP contribution is 2.33. The van der Waals surface area contributed by atoms with E-state index in [4.69, 9.17) is 0 Å². The zero-order chi connectivity index (χ0) is 19.6. The molecule has 0 aliphatic rings. The van der Waals surface area contributed by atoms with Gasteiger partial charge in [-0.3, -0.25) is 9.48 Å². The average molecular weight is 376 g/mol. The molecule has 1 heterocycles. The number of aryl methyl sites for hydroxylation is 1. The van der Waals surface area contributed by atoms with Gasteiger partial charge in [-0.2, -0.15) is 18.3 Å². The van der Waals surface area contributed by atoms with Crippen molar-refractivity contribution in [2.24, 2.45) is 0 Å². The van der Waals surface area contributed by atoms with Crippen molar-refractivity contribution in [3.63, 3.8) is 0 Å². The fourth-order valence-corrected chi connectivity index (χ4v) is 2.88. The first-order valence-corrected chi connectivity index (χ1v) is 8.21. The van der Waals surface area contributed by atoms with Gasteiger partial charge >= 0.3 is 6.18 Å². The molecule has 3 rings (SSSR count). The summed E-state index contributed by atoms with van der Waals surface area (Å²) in [6, 6.07) is 11.5. The van der Waals surface area contributed by atoms with Gasteiger partial charge < -0.3 is 0 Å². The number of rotatable bonds is 5. The molecule has 140 valence electrons. The minimum Gasteiger partial charge on any atom is -0.294 e. The highest BCUT2D eigenvalue weighted by atomic mass is 19.4. The van der Waals surface area contributed by atoms with E-state index in [1.807, 2.05) is 19.1 Å². The monoisotopic (exact) mass is 376 g/mol. The minimum atomic E-state index is -4.66. The Morgan fingerprint density at radius 2 is 1.81 bits per heavy atom. The molecule has 0 atom stereocenters. The summed E-state index contributed by atoms with van der Waals surface area (Å²) in [7, 11) is 0. The number of hydrogen-bond acceptors (Lipinski definition) is 2. The molecule has 1 aromatic heterocycles. The van der Waals surface area contributed by atoms with Crippen LogP contribution in [0.2, 0.25) is 0 Å². The van der Waals surface area contributed by atoms with Gasteiger partial charge in [0.25, 0.3) is 0 Å². The van der Waals surface area contributed by atoms with Gasteiger partial charge in [-0.05, 0) is 30.7 Å². The van der Waals surface area contributed by atoms with Crippen LogP contribution in [0.1, 0.15) is 32.7 Å². The highest BCUT2D eigenvalue weighted by Gasteiger charge is 2.34. The lowest BCUT2D eigenvalue weighted by Gasteiger charge is -2.13. The van der Waals surface area contributed by atoms with Crippen LogP contribution in [0, 0.1) is 12.7 Å². The second kappa shape index (κ2) is 7.34. The van der Waals surface area contributed by atoms with Crippen molar-refractivity contribution in [3.05, 3.63) is 88.5 Å². The molecule has 0 N–H and O–H groups in total. The molecule has 0 aliphatic heterocycles. The minimum absolute atomic E-state index is 0.0151. The molecule has 0 saturated heterocycles. The van der Waals surface area contributed by atoms with E-state index in [1.54, 1.807) is 18.2 Å². The predicted molar refractivity (Wildman–Crippen MR) is 91.9 cm³/mol. The lowest BCUT2D eigenvalue weighted by atomic mass is 10.0. The molecule has 0 amide bonds. The van der Waals surface area contributed by atoms with E-state index in [0.29, 0.717) is 11.3 Å². The van der Waals surface area contributed by atoms with Crippen LogP contribution >= 0.6 is 0 Å². The number of Topliss-reactive ketones (excluding diaryl/α,β-unsaturated/α-hetero) is 1. The van der Waals surface area contributed by atoms with E-state index in [-0.39, 0.29) is 18.7 Å². The van der Waals surface area contributed by atoms with Gasteiger partial charge in [0.2, 0.25) is 0 Å². The number of nitrogens with zero attached hydrogens (tertiary/aromatic N) is 2. The Hall–Kier alpha value is -2.96. The number of halogens is 4. The Morgan fingerprint density at radius 1 is 1.07 bits per heavy atom. The number of carbonyl (C=O) groups is 1. The van der Waals surface area contributed by atoms with Gasteiger partial charge in [0, 0.05) is 17.3 Å². The largest absolute Gasteiger partial charge is 0.416 e. The van der Waals surface area contributed by atoms with Gasteiger partial charge in [-0.15, -0.1) is 0 Å². The van der Waals surface area contributed by atoms with Gasteiger partial charge in [0.15, 0.2) is 5.78 Å². The van der Waals surface area contributed by atoms with Gasteiger partial charge in [-0.25, -0.2) is 4.39 Å². The maximum Gasteiger partial charge on any atom is 0.416 e. The summed E-state index contributed by atoms with van der Waals surface area (Å²) in [5, 5.41) is 4.13. The molecule has 0 unspecified atom stereocenters. The van der Waals surface area contributed by atoms with Crippen molar-refractivity contribution in [2.75, 3.05) is 0 Å². The van der Waals surface area contributed by atoms with Gasteiger partial charge in [0.05, 0.1) is 24.2 Å². The van der Waals surface area contributed by atoms with Crippen LogP contribution in [0.25, 0.3) is 0 Å². The first kappa shape index (κ1) is 18.8. The Kier molecular flexibility index (Phi) is 5.12. The third-order valence-electron chi connectivity index (χ3n) is 4.23. The summed E-state index contributed by atoms with van der Waals surface area (Å²) >= 11 is 0. The molecule has 0 spiro atoms. The molecule has 2 aromatic carbocycles. The van der Waals surface area contributed by atoms with Crippen LogP contribution in [0.4, 0.5) is 17.6 Å². The number of aromatic nitrogens is 2. The quantitative estimate of drug-likeness (QED) is 0.473. The third-order valence-corrected chi connectivity index (χ3v) is 4.23. The zero-order valence-electron chi connectivity index (χ0n) is 14.4. The molecular formula is C20H16F4N2O. The maximum absolute atomic E-state index is 14.0. The third kappa shape index (κ3) is 4.24. The standard InChI is InChI=1S/C20H16F4N2O/c1-13-5-2-3-6-15(13)19(27)11-14-9-10-26(25-14)12-16-17(20(22,23)24)7-4-8-18(16)21/h2-10H,11-12H2,1H3. The van der Waals surface area contributed by atoms with Crippen molar-refractivity contribution in [2.45, 2.75) is 26.1 Å². The van der Waals surface area contributed by atoms with Crippen molar-refractivity contribution >= 4 is 5.78 Å². The maximum atomic E-state index is 14.0. The van der Waals surface area contributed by atoms with Crippen molar-refractivity contribution in [1.29, 1.82) is 0 Å². The topological polar surface area (TPSA) is 34.9 Å². The molecule has 27 heavy (non-hydrogen) atoms. The molecule has 3 aromatic rings. The molecule has 0 fully saturated rings. The number of benzene rings is 2. The number of alkyl halides is 3. The highest BCUT2D eigenvalue weighted by molar-refractivity contribution is 5.98. The first-order chi connectivity index (χ1) is 12.8. The van der Waals surface area contributed by atoms with Crippen molar-refractivity contribution in [3.8, 4) is 0 Å². The Labute approximate surface area is 153 Å². The summed E-state index contributed by atoms with van der Waals surface area (Å²) in [5.74, 6) is -1.09. The van der Waals surface area contributed by atoms with Crippen LogP contribution < -0.4 is 0 Å². The number of hydrogen-bond donors (Lipinski definition) is 0. The van der Waals surface area contributed by atoms with E-state index < -0.39 is 23.1 Å². The SMILES string of the molecule is Cc1ccccc1C(=O)Cc1ccn(Cc2c(F)cccc2C(F)(F)F)n1. The number of carbonyl (C=O) groups excluding carboxylic acids is 1. The summed E-state index contributed by atoms with van der Waals surface area (Å²) in [6.45, 7) is 1.45. The van der Waals surface area contributed by atoms with Crippen LogP contribution in [-0.4, -0.2) is 15.6 Å². The molecule has 0 radical (unpaired) electrons. The fourth-order valence-electron chi connectivity index (χ4n) is 2.88. The second-order valence-electron chi connectivity index (χ2n) is 6.18. The zero-order valence-corrected chi connectivity index (χ0v) is 14.4. The molecular weight excluding hydrogens is 360 g/mol. The van der Waals surface area contributed by atoms with E-state index in [1.165, 1.54) is 10.9 Å². The Morgan fingerprint density at radius 3 is 2.52 bits per heavy atom. The summed E-state index contributed by atoms with van der Waals surface area (Å²) in [6.07, 6.45) is -3.21. The molecule has 0 aliphatic carbocycles. The van der Waals surface area contributed by atoms with E-state index in [0.717, 1.165) is 23.8 Å². The van der Waals surface area contributed by atoms with Gasteiger partial charge in [-0.1, -0.05) is 30.3 Å². The lowest BCUT2D eigenvalue weighted by molar-refractivity contribution is -0.138. The van der Waals surface area contributed by atoms with Crippen LogP contribution in [0.3, 0.4) is 0 Å². The van der Waals surface area contributed by atoms with Crippen LogP contribution in [0.5, 0.6) is 0 Å². The van der Waals surface area contributed by atoms with Crippen molar-refractivity contribution < 1.29 is 22.4 Å². The molecule has 7 heteroatoms. The Bertz CT molecular complexity index is 976. The van der Waals surface area contributed by atoms with Crippen molar-refractivity contribution in [1.82, 2.24) is 9.78 Å².